The van der Waals surface area contributed by atoms with Crippen molar-refractivity contribution in [2.45, 2.75) is 33.1 Å². The standard InChI is InChI=1S/C15H22N2O4/c1-3-4-9-17(15(16)20)14-11(2)6-5-7-12(14)21-10-8-13(18)19/h5-7H,3-4,8-10H2,1-2H3,(H2,16,20)(H,18,19). The summed E-state index contributed by atoms with van der Waals surface area (Å²) < 4.78 is 5.51. The minimum absolute atomic E-state index is 0.0478. The number of primary amides is 1. The number of unbranched alkanes of at least 4 members (excludes halogenated alkanes) is 1. The third kappa shape index (κ3) is 4.98. The molecule has 0 aromatic heterocycles. The van der Waals surface area contributed by atoms with Gasteiger partial charge < -0.3 is 15.6 Å². The highest BCUT2D eigenvalue weighted by atomic mass is 16.5. The van der Waals surface area contributed by atoms with Crippen LogP contribution in [-0.4, -0.2) is 30.3 Å². The smallest absolute Gasteiger partial charge is 0.319 e. The van der Waals surface area contributed by atoms with Crippen LogP contribution in [0.4, 0.5) is 10.5 Å². The van der Waals surface area contributed by atoms with E-state index >= 15 is 0 Å². The zero-order valence-corrected chi connectivity index (χ0v) is 12.5. The molecule has 3 N–H and O–H groups in total. The Balaban J connectivity index is 3.00. The molecule has 0 spiro atoms. The van der Waals surface area contributed by atoms with Crippen molar-refractivity contribution in [2.75, 3.05) is 18.1 Å². The summed E-state index contributed by atoms with van der Waals surface area (Å²) in [6.45, 7) is 4.45. The molecule has 1 aromatic carbocycles. The number of benzene rings is 1. The van der Waals surface area contributed by atoms with Gasteiger partial charge in [0.2, 0.25) is 0 Å². The first-order valence-electron chi connectivity index (χ1n) is 6.98. The highest BCUT2D eigenvalue weighted by Gasteiger charge is 2.19. The molecule has 0 aliphatic heterocycles. The first kappa shape index (κ1) is 16.8. The van der Waals surface area contributed by atoms with Crippen LogP contribution in [0.15, 0.2) is 18.2 Å². The second kappa shape index (κ2) is 8.14. The van der Waals surface area contributed by atoms with Crippen LogP contribution in [0.2, 0.25) is 0 Å². The number of urea groups is 1. The number of carboxylic acids is 1. The number of hydrogen-bond donors (Lipinski definition) is 2. The monoisotopic (exact) mass is 294 g/mol. The zero-order chi connectivity index (χ0) is 15.8. The molecule has 0 fully saturated rings. The molecule has 6 nitrogen and oxygen atoms in total. The summed E-state index contributed by atoms with van der Waals surface area (Å²) in [5.74, 6) is -0.451. The summed E-state index contributed by atoms with van der Waals surface area (Å²) in [5.41, 5.74) is 6.94. The number of aryl methyl sites for hydroxylation is 1. The Labute approximate surface area is 124 Å². The molecule has 0 saturated carbocycles. The maximum Gasteiger partial charge on any atom is 0.319 e. The van der Waals surface area contributed by atoms with E-state index < -0.39 is 12.0 Å². The van der Waals surface area contributed by atoms with Gasteiger partial charge in [0.25, 0.3) is 0 Å². The number of amides is 2. The lowest BCUT2D eigenvalue weighted by Crippen LogP contribution is -2.37. The number of nitrogens with zero attached hydrogens (tertiary/aromatic N) is 1. The second-order valence-corrected chi connectivity index (χ2v) is 4.76. The van der Waals surface area contributed by atoms with E-state index in [1.807, 2.05) is 19.9 Å². The molecule has 0 bridgehead atoms. The fourth-order valence-electron chi connectivity index (χ4n) is 1.99. The van der Waals surface area contributed by atoms with Gasteiger partial charge in [0.15, 0.2) is 0 Å². The normalized spacial score (nSPS) is 10.2. The molecule has 1 rings (SSSR count). The molecular weight excluding hydrogens is 272 g/mol. The van der Waals surface area contributed by atoms with E-state index in [2.05, 4.69) is 0 Å². The molecule has 0 heterocycles. The van der Waals surface area contributed by atoms with Crippen LogP contribution >= 0.6 is 0 Å². The molecule has 0 atom stereocenters. The van der Waals surface area contributed by atoms with Crippen molar-refractivity contribution >= 4 is 17.7 Å². The van der Waals surface area contributed by atoms with Crippen LogP contribution in [0.5, 0.6) is 5.75 Å². The zero-order valence-electron chi connectivity index (χ0n) is 12.5. The van der Waals surface area contributed by atoms with Crippen LogP contribution in [0.25, 0.3) is 0 Å². The summed E-state index contributed by atoms with van der Waals surface area (Å²) in [6.07, 6.45) is 1.66. The summed E-state index contributed by atoms with van der Waals surface area (Å²) in [4.78, 5) is 23.7. The minimum atomic E-state index is -0.929. The summed E-state index contributed by atoms with van der Waals surface area (Å²) in [7, 11) is 0. The number of aliphatic carboxylic acids is 1. The van der Waals surface area contributed by atoms with Gasteiger partial charge in [-0.15, -0.1) is 0 Å². The Morgan fingerprint density at radius 3 is 2.67 bits per heavy atom. The Kier molecular flexibility index (Phi) is 6.52. The lowest BCUT2D eigenvalue weighted by molar-refractivity contribution is -0.137. The fraction of sp³-hybridized carbons (Fsp3) is 0.467. The number of anilines is 1. The predicted octanol–water partition coefficient (Wildman–Crippen LogP) is 2.53. The van der Waals surface area contributed by atoms with Crippen LogP contribution in [0, 0.1) is 6.92 Å². The Bertz CT molecular complexity index is 502. The Hall–Kier alpha value is -2.24. The molecule has 0 aliphatic rings. The summed E-state index contributed by atoms with van der Waals surface area (Å²) in [6, 6.07) is 4.84. The SMILES string of the molecule is CCCCN(C(N)=O)c1c(C)cccc1OCCC(=O)O. The van der Waals surface area contributed by atoms with Crippen molar-refractivity contribution < 1.29 is 19.4 Å². The van der Waals surface area contributed by atoms with E-state index in [-0.39, 0.29) is 13.0 Å². The summed E-state index contributed by atoms with van der Waals surface area (Å²) >= 11 is 0. The van der Waals surface area contributed by atoms with E-state index in [1.165, 1.54) is 4.90 Å². The highest BCUT2D eigenvalue weighted by Crippen LogP contribution is 2.32. The second-order valence-electron chi connectivity index (χ2n) is 4.76. The molecule has 21 heavy (non-hydrogen) atoms. The number of rotatable bonds is 8. The van der Waals surface area contributed by atoms with E-state index in [0.717, 1.165) is 18.4 Å². The molecule has 2 amide bonds. The van der Waals surface area contributed by atoms with Crippen molar-refractivity contribution in [2.24, 2.45) is 5.73 Å². The lowest BCUT2D eigenvalue weighted by Gasteiger charge is -2.25. The van der Waals surface area contributed by atoms with Gasteiger partial charge in [0, 0.05) is 6.54 Å². The lowest BCUT2D eigenvalue weighted by atomic mass is 10.1. The number of carbonyl (C=O) groups is 2. The van der Waals surface area contributed by atoms with Gasteiger partial charge in [-0.25, -0.2) is 4.79 Å². The van der Waals surface area contributed by atoms with Gasteiger partial charge in [0.1, 0.15) is 5.75 Å². The number of nitrogens with two attached hydrogens (primary N) is 1. The fourth-order valence-corrected chi connectivity index (χ4v) is 1.99. The van der Waals surface area contributed by atoms with Gasteiger partial charge in [-0.05, 0) is 25.0 Å². The van der Waals surface area contributed by atoms with Gasteiger partial charge >= 0.3 is 12.0 Å². The highest BCUT2D eigenvalue weighted by molar-refractivity contribution is 5.93. The molecule has 1 aromatic rings. The molecule has 116 valence electrons. The van der Waals surface area contributed by atoms with Crippen LogP contribution in [0.3, 0.4) is 0 Å². The van der Waals surface area contributed by atoms with Gasteiger partial charge in [-0.2, -0.15) is 0 Å². The number of carboxylic acid groups (broad SMARTS) is 1. The molecule has 0 unspecified atom stereocenters. The van der Waals surface area contributed by atoms with Crippen molar-refractivity contribution in [3.8, 4) is 5.75 Å². The van der Waals surface area contributed by atoms with Crippen molar-refractivity contribution in [1.29, 1.82) is 0 Å². The van der Waals surface area contributed by atoms with E-state index in [4.69, 9.17) is 15.6 Å². The maximum atomic E-state index is 11.7. The van der Waals surface area contributed by atoms with Gasteiger partial charge in [-0.3, -0.25) is 9.69 Å². The average molecular weight is 294 g/mol. The number of ether oxygens (including phenoxy) is 1. The molecular formula is C15H22N2O4. The largest absolute Gasteiger partial charge is 0.491 e. The molecule has 0 aliphatic carbocycles. The third-order valence-electron chi connectivity index (χ3n) is 3.05. The maximum absolute atomic E-state index is 11.7. The number of carbonyl (C=O) groups excluding carboxylic acids is 1. The van der Waals surface area contributed by atoms with Crippen LogP contribution in [0.1, 0.15) is 31.7 Å². The molecule has 0 radical (unpaired) electrons. The Morgan fingerprint density at radius 2 is 2.10 bits per heavy atom. The van der Waals surface area contributed by atoms with Crippen molar-refractivity contribution in [1.82, 2.24) is 0 Å². The van der Waals surface area contributed by atoms with E-state index in [0.29, 0.717) is 18.0 Å². The average Bonchev–Trinajstić information content (AvgIpc) is 2.40. The quantitative estimate of drug-likeness (QED) is 0.770. The number of hydrogen-bond acceptors (Lipinski definition) is 3. The topological polar surface area (TPSA) is 92.9 Å². The van der Waals surface area contributed by atoms with Crippen molar-refractivity contribution in [3.05, 3.63) is 23.8 Å². The van der Waals surface area contributed by atoms with Crippen LogP contribution < -0.4 is 15.4 Å². The third-order valence-corrected chi connectivity index (χ3v) is 3.05. The predicted molar refractivity (Wildman–Crippen MR) is 80.8 cm³/mol. The number of para-hydroxylation sites is 1. The molecule has 0 saturated heterocycles. The van der Waals surface area contributed by atoms with Gasteiger partial charge in [-0.1, -0.05) is 25.5 Å². The van der Waals surface area contributed by atoms with E-state index in [9.17, 15) is 9.59 Å². The minimum Gasteiger partial charge on any atom is -0.491 e. The summed E-state index contributed by atoms with van der Waals surface area (Å²) in [5, 5.41) is 8.66. The first-order valence-corrected chi connectivity index (χ1v) is 6.98. The molecule has 6 heteroatoms. The first-order chi connectivity index (χ1) is 9.97. The Morgan fingerprint density at radius 1 is 1.38 bits per heavy atom. The van der Waals surface area contributed by atoms with Crippen molar-refractivity contribution in [3.63, 3.8) is 0 Å². The van der Waals surface area contributed by atoms with Crippen LogP contribution in [-0.2, 0) is 4.79 Å². The van der Waals surface area contributed by atoms with E-state index in [1.54, 1.807) is 12.1 Å². The van der Waals surface area contributed by atoms with Gasteiger partial charge in [0.05, 0.1) is 18.7 Å².